The number of carboxylic acid groups (broad SMARTS) is 1. The van der Waals surface area contributed by atoms with Gasteiger partial charge in [0.1, 0.15) is 5.01 Å². The Bertz CT molecular complexity index is 695. The highest BCUT2D eigenvalue weighted by Crippen LogP contribution is 2.40. The number of hydrogen-bond acceptors (Lipinski definition) is 5. The van der Waals surface area contributed by atoms with Gasteiger partial charge in [-0.2, -0.15) is 0 Å². The van der Waals surface area contributed by atoms with Gasteiger partial charge in [-0.25, -0.2) is 4.98 Å². The highest BCUT2D eigenvalue weighted by atomic mass is 32.1. The molecule has 110 valence electrons. The molecule has 1 unspecified atom stereocenters. The van der Waals surface area contributed by atoms with Gasteiger partial charge in [-0.1, -0.05) is 0 Å². The van der Waals surface area contributed by atoms with E-state index in [0.717, 1.165) is 28.3 Å². The van der Waals surface area contributed by atoms with E-state index in [1.807, 2.05) is 6.07 Å². The van der Waals surface area contributed by atoms with E-state index >= 15 is 0 Å². The number of nitrogens with zero attached hydrogens (tertiary/aromatic N) is 1. The van der Waals surface area contributed by atoms with E-state index in [9.17, 15) is 15.0 Å². The van der Waals surface area contributed by atoms with Gasteiger partial charge < -0.3 is 14.9 Å². The zero-order chi connectivity index (χ0) is 15.0. The minimum atomic E-state index is -0.814. The fourth-order valence-corrected chi connectivity index (χ4v) is 3.77. The molecule has 6 heteroatoms. The maximum Gasteiger partial charge on any atom is 0.312 e. The predicted octanol–water partition coefficient (Wildman–Crippen LogP) is 3.03. The number of rotatable bonds is 3. The molecule has 21 heavy (non-hydrogen) atoms. The van der Waals surface area contributed by atoms with Gasteiger partial charge in [0.15, 0.2) is 11.5 Å². The summed E-state index contributed by atoms with van der Waals surface area (Å²) in [5.74, 6) is -0.864. The van der Waals surface area contributed by atoms with Crippen LogP contribution in [0.2, 0.25) is 0 Å². The molecule has 2 N–H and O–H groups in total. The number of thiazole rings is 1. The number of phenolic OH excluding ortho intramolecular Hbond substituents is 1. The van der Waals surface area contributed by atoms with Crippen LogP contribution >= 0.6 is 11.3 Å². The summed E-state index contributed by atoms with van der Waals surface area (Å²) in [6.45, 7) is 0. The van der Waals surface area contributed by atoms with Gasteiger partial charge in [0.2, 0.25) is 0 Å². The number of hydrogen-bond donors (Lipinski definition) is 2. The van der Waals surface area contributed by atoms with Crippen molar-refractivity contribution in [2.45, 2.75) is 25.2 Å². The van der Waals surface area contributed by atoms with Crippen molar-refractivity contribution < 1.29 is 19.7 Å². The van der Waals surface area contributed by atoms with Crippen molar-refractivity contribution in [3.8, 4) is 22.1 Å². The van der Waals surface area contributed by atoms with E-state index in [4.69, 9.17) is 4.74 Å². The summed E-state index contributed by atoms with van der Waals surface area (Å²) in [5, 5.41) is 19.9. The molecule has 0 fully saturated rings. The monoisotopic (exact) mass is 305 g/mol. The lowest BCUT2D eigenvalue weighted by molar-refractivity contribution is -0.139. The molecule has 0 amide bonds. The molecule has 1 aromatic carbocycles. The third kappa shape index (κ3) is 2.47. The first-order valence-electron chi connectivity index (χ1n) is 6.70. The van der Waals surface area contributed by atoms with E-state index in [1.54, 1.807) is 12.1 Å². The largest absolute Gasteiger partial charge is 0.504 e. The number of fused-ring (bicyclic) bond motifs is 1. The average molecular weight is 305 g/mol. The lowest BCUT2D eigenvalue weighted by Gasteiger charge is -2.16. The number of aliphatic carboxylic acids is 1. The lowest BCUT2D eigenvalue weighted by atomic mass is 9.91. The van der Waals surface area contributed by atoms with E-state index < -0.39 is 11.9 Å². The smallest absolute Gasteiger partial charge is 0.312 e. The fourth-order valence-electron chi connectivity index (χ4n) is 2.61. The predicted molar refractivity (Wildman–Crippen MR) is 79.1 cm³/mol. The van der Waals surface area contributed by atoms with Crippen LogP contribution < -0.4 is 4.74 Å². The minimum Gasteiger partial charge on any atom is -0.504 e. The summed E-state index contributed by atoms with van der Waals surface area (Å²) in [4.78, 5) is 16.9. The van der Waals surface area contributed by atoms with Crippen molar-refractivity contribution >= 4 is 17.3 Å². The zero-order valence-electron chi connectivity index (χ0n) is 11.5. The van der Waals surface area contributed by atoms with Crippen molar-refractivity contribution in [1.82, 2.24) is 4.98 Å². The van der Waals surface area contributed by atoms with Crippen LogP contribution in [-0.4, -0.2) is 28.3 Å². The van der Waals surface area contributed by atoms with Crippen LogP contribution in [0.5, 0.6) is 11.5 Å². The van der Waals surface area contributed by atoms with Crippen molar-refractivity contribution in [3.05, 3.63) is 28.8 Å². The lowest BCUT2D eigenvalue weighted by Crippen LogP contribution is -2.17. The van der Waals surface area contributed by atoms with E-state index in [-0.39, 0.29) is 5.75 Å². The second-order valence-corrected chi connectivity index (χ2v) is 6.08. The quantitative estimate of drug-likeness (QED) is 0.911. The summed E-state index contributed by atoms with van der Waals surface area (Å²) >= 11 is 1.51. The molecule has 0 saturated heterocycles. The van der Waals surface area contributed by atoms with Crippen LogP contribution in [0.3, 0.4) is 0 Å². The number of aromatic hydroxyl groups is 1. The molecule has 1 aliphatic carbocycles. The van der Waals surface area contributed by atoms with Gasteiger partial charge in [-0.3, -0.25) is 4.79 Å². The molecule has 1 aromatic heterocycles. The Hall–Kier alpha value is -2.08. The van der Waals surface area contributed by atoms with Crippen LogP contribution in [0.15, 0.2) is 18.2 Å². The number of ether oxygens (including phenoxy) is 1. The normalized spacial score (nSPS) is 17.3. The Morgan fingerprint density at radius 3 is 2.95 bits per heavy atom. The minimum absolute atomic E-state index is 0.0537. The second-order valence-electron chi connectivity index (χ2n) is 5.00. The topological polar surface area (TPSA) is 79.7 Å². The van der Waals surface area contributed by atoms with Crippen molar-refractivity contribution in [3.63, 3.8) is 0 Å². The van der Waals surface area contributed by atoms with Gasteiger partial charge in [0.05, 0.1) is 18.7 Å². The van der Waals surface area contributed by atoms with Crippen LogP contribution in [-0.2, 0) is 11.2 Å². The average Bonchev–Trinajstić information content (AvgIpc) is 2.90. The van der Waals surface area contributed by atoms with E-state index in [0.29, 0.717) is 17.9 Å². The highest BCUT2D eigenvalue weighted by Gasteiger charge is 2.30. The Labute approximate surface area is 125 Å². The molecule has 5 nitrogen and oxygen atoms in total. The Morgan fingerprint density at radius 2 is 2.29 bits per heavy atom. The fraction of sp³-hybridized carbons (Fsp3) is 0.333. The van der Waals surface area contributed by atoms with Crippen molar-refractivity contribution in [1.29, 1.82) is 0 Å². The van der Waals surface area contributed by atoms with Crippen molar-refractivity contribution in [2.24, 2.45) is 0 Å². The molecule has 1 heterocycles. The number of phenols is 1. The number of methoxy groups -OCH3 is 1. The number of aromatic nitrogens is 1. The summed E-state index contributed by atoms with van der Waals surface area (Å²) in [7, 11) is 1.49. The molecule has 0 bridgehead atoms. The second kappa shape index (κ2) is 5.37. The zero-order valence-corrected chi connectivity index (χ0v) is 12.3. The molecule has 0 saturated carbocycles. The van der Waals surface area contributed by atoms with E-state index in [1.165, 1.54) is 18.4 Å². The van der Waals surface area contributed by atoms with E-state index in [2.05, 4.69) is 4.98 Å². The van der Waals surface area contributed by atoms with Gasteiger partial charge in [-0.15, -0.1) is 11.3 Å². The molecule has 2 aromatic rings. The van der Waals surface area contributed by atoms with Gasteiger partial charge in [-0.05, 0) is 37.5 Å². The highest BCUT2D eigenvalue weighted by molar-refractivity contribution is 7.15. The number of aryl methyl sites for hydroxylation is 1. The molecule has 3 rings (SSSR count). The SMILES string of the molecule is COc1ccc(-c2nc3c(s2)CCCC3C(=O)O)cc1O. The van der Waals surface area contributed by atoms with Crippen LogP contribution in [0, 0.1) is 0 Å². The van der Waals surface area contributed by atoms with Gasteiger partial charge in [0.25, 0.3) is 0 Å². The van der Waals surface area contributed by atoms with Crippen LogP contribution in [0.25, 0.3) is 10.6 Å². The first-order chi connectivity index (χ1) is 10.1. The van der Waals surface area contributed by atoms with Crippen molar-refractivity contribution in [2.75, 3.05) is 7.11 Å². The molecule has 1 aliphatic rings. The summed E-state index contributed by atoms with van der Waals surface area (Å²) in [6, 6.07) is 5.09. The first kappa shape index (κ1) is 13.9. The molecular formula is C15H15NO4S. The third-order valence-corrected chi connectivity index (χ3v) is 4.86. The first-order valence-corrected chi connectivity index (χ1v) is 7.51. The van der Waals surface area contributed by atoms with Crippen LogP contribution in [0.1, 0.15) is 29.3 Å². The number of benzene rings is 1. The van der Waals surface area contributed by atoms with Gasteiger partial charge in [0, 0.05) is 10.4 Å². The third-order valence-electron chi connectivity index (χ3n) is 3.68. The Kier molecular flexibility index (Phi) is 3.55. The van der Waals surface area contributed by atoms with Gasteiger partial charge >= 0.3 is 5.97 Å². The number of carbonyl (C=O) groups is 1. The maximum atomic E-state index is 11.3. The molecule has 0 spiro atoms. The molecule has 0 radical (unpaired) electrons. The summed E-state index contributed by atoms with van der Waals surface area (Å²) in [5.41, 5.74) is 1.46. The number of carboxylic acids is 1. The standard InChI is InChI=1S/C15H15NO4S/c1-20-11-6-5-8(7-10(11)17)14-16-13-9(15(18)19)3-2-4-12(13)21-14/h5-7,9,17H,2-4H2,1H3,(H,18,19). The molecule has 0 aliphatic heterocycles. The summed E-state index contributed by atoms with van der Waals surface area (Å²) < 4.78 is 5.02. The Balaban J connectivity index is 2.01. The summed E-state index contributed by atoms with van der Waals surface area (Å²) in [6.07, 6.45) is 2.39. The van der Waals surface area contributed by atoms with Crippen LogP contribution in [0.4, 0.5) is 0 Å². The maximum absolute atomic E-state index is 11.3. The molecule has 1 atom stereocenters. The Morgan fingerprint density at radius 1 is 1.48 bits per heavy atom. The molecular weight excluding hydrogens is 290 g/mol.